The summed E-state index contributed by atoms with van der Waals surface area (Å²) in [5.74, 6) is 0.754. The normalized spacial score (nSPS) is 18.7. The van der Waals surface area contributed by atoms with Crippen molar-refractivity contribution in [3.8, 4) is 0 Å². The molecule has 1 unspecified atom stereocenters. The summed E-state index contributed by atoms with van der Waals surface area (Å²) in [6.07, 6.45) is 6.22. The van der Waals surface area contributed by atoms with E-state index < -0.39 is 5.91 Å². The van der Waals surface area contributed by atoms with Gasteiger partial charge in [-0.25, -0.2) is 4.98 Å². The number of carbonyl (C=O) groups is 1. The van der Waals surface area contributed by atoms with Gasteiger partial charge in [-0.1, -0.05) is 44.9 Å². The third kappa shape index (κ3) is 4.32. The number of hydrogen-bond acceptors (Lipinski definition) is 4. The number of imidazole rings is 1. The zero-order chi connectivity index (χ0) is 23.0. The van der Waals surface area contributed by atoms with Crippen molar-refractivity contribution in [2.45, 2.75) is 58.5 Å². The summed E-state index contributed by atoms with van der Waals surface area (Å²) in [6, 6.07) is 8.41. The van der Waals surface area contributed by atoms with E-state index in [0.29, 0.717) is 5.69 Å². The molecular weight excluding hydrogens is 414 g/mol. The predicted octanol–water partition coefficient (Wildman–Crippen LogP) is 3.83. The van der Waals surface area contributed by atoms with Crippen LogP contribution >= 0.6 is 0 Å². The van der Waals surface area contributed by atoms with Crippen molar-refractivity contribution >= 4 is 16.8 Å². The topological polar surface area (TPSA) is 89.2 Å². The number of primary amides is 1. The number of para-hydroxylation sites is 1. The lowest BCUT2D eigenvalue weighted by molar-refractivity contribution is -0.117. The largest absolute Gasteiger partial charge is 0.380 e. The molecule has 3 N–H and O–H groups in total. The van der Waals surface area contributed by atoms with E-state index in [-0.39, 0.29) is 11.3 Å². The maximum absolute atomic E-state index is 12.5. The number of aromatic nitrogens is 3. The van der Waals surface area contributed by atoms with Gasteiger partial charge in [-0.15, -0.1) is 0 Å². The highest BCUT2D eigenvalue weighted by atomic mass is 16.5. The van der Waals surface area contributed by atoms with Crippen LogP contribution in [-0.2, 0) is 24.2 Å². The second-order valence-electron chi connectivity index (χ2n) is 10.2. The van der Waals surface area contributed by atoms with Gasteiger partial charge in [0.1, 0.15) is 11.5 Å². The molecule has 1 amide bonds. The van der Waals surface area contributed by atoms with E-state index in [4.69, 9.17) is 15.5 Å². The molecule has 1 fully saturated rings. The number of benzene rings is 1. The molecule has 0 aliphatic carbocycles. The smallest absolute Gasteiger partial charge is 0.269 e. The van der Waals surface area contributed by atoms with E-state index in [1.54, 1.807) is 0 Å². The number of amides is 1. The number of ether oxygens (including phenoxy) is 1. The first-order chi connectivity index (χ1) is 16.0. The summed E-state index contributed by atoms with van der Waals surface area (Å²) < 4.78 is 7.74. The molecule has 0 spiro atoms. The fourth-order valence-electron chi connectivity index (χ4n) is 5.57. The lowest BCUT2D eigenvalue weighted by atomic mass is 9.88. The molecule has 1 atom stereocenters. The first-order valence-corrected chi connectivity index (χ1v) is 12.2. The number of carbonyl (C=O) groups excluding carboxylic acids is 1. The molecule has 1 saturated heterocycles. The van der Waals surface area contributed by atoms with Crippen LogP contribution in [0.15, 0.2) is 30.5 Å². The van der Waals surface area contributed by atoms with Crippen LogP contribution < -0.4 is 5.73 Å². The summed E-state index contributed by atoms with van der Waals surface area (Å²) in [6.45, 7) is 9.68. The summed E-state index contributed by atoms with van der Waals surface area (Å²) >= 11 is 0. The summed E-state index contributed by atoms with van der Waals surface area (Å²) in [4.78, 5) is 23.2. The molecule has 0 saturated carbocycles. The highest BCUT2D eigenvalue weighted by Gasteiger charge is 2.37. The fraction of sp³-hybridized carbons (Fsp3) is 0.538. The van der Waals surface area contributed by atoms with Crippen LogP contribution in [0.4, 0.5) is 0 Å². The van der Waals surface area contributed by atoms with Gasteiger partial charge in [-0.2, -0.15) is 0 Å². The van der Waals surface area contributed by atoms with Crippen LogP contribution in [0.25, 0.3) is 10.9 Å². The zero-order valence-corrected chi connectivity index (χ0v) is 19.8. The minimum absolute atomic E-state index is 0.206. The summed E-state index contributed by atoms with van der Waals surface area (Å²) in [5.41, 5.74) is 10.0. The number of fused-ring (bicyclic) bond motifs is 2. The molecule has 7 heteroatoms. The second-order valence-corrected chi connectivity index (χ2v) is 10.2. The Morgan fingerprint density at radius 3 is 2.85 bits per heavy atom. The number of H-pyrrole nitrogens is 1. The lowest BCUT2D eigenvalue weighted by Gasteiger charge is -2.43. The van der Waals surface area contributed by atoms with Crippen molar-refractivity contribution in [2.75, 3.05) is 26.3 Å². The molecule has 7 nitrogen and oxygen atoms in total. The van der Waals surface area contributed by atoms with Gasteiger partial charge in [-0.05, 0) is 24.5 Å². The molecule has 4 heterocycles. The molecule has 3 aromatic rings. The number of nitrogens with two attached hydrogens (primary N) is 1. The molecule has 2 aliphatic heterocycles. The number of unbranched alkanes of at least 4 members (excludes halogenated alkanes) is 1. The molecule has 176 valence electrons. The van der Waals surface area contributed by atoms with E-state index >= 15 is 0 Å². The molecular formula is C26H35N5O2. The average molecular weight is 450 g/mol. The molecule has 2 aromatic heterocycles. The Labute approximate surface area is 195 Å². The first kappa shape index (κ1) is 22.2. The first-order valence-electron chi connectivity index (χ1n) is 12.2. The van der Waals surface area contributed by atoms with Gasteiger partial charge in [0.15, 0.2) is 0 Å². The van der Waals surface area contributed by atoms with Crippen LogP contribution in [0.2, 0.25) is 0 Å². The quantitative estimate of drug-likeness (QED) is 0.520. The van der Waals surface area contributed by atoms with Crippen molar-refractivity contribution < 1.29 is 9.53 Å². The van der Waals surface area contributed by atoms with Gasteiger partial charge in [0.25, 0.3) is 5.91 Å². The predicted molar refractivity (Wildman–Crippen MR) is 129 cm³/mol. The Hall–Kier alpha value is -2.64. The highest BCUT2D eigenvalue weighted by molar-refractivity contribution is 5.92. The number of aromatic amines is 1. The molecule has 0 bridgehead atoms. The van der Waals surface area contributed by atoms with Crippen LogP contribution in [0.1, 0.15) is 66.6 Å². The Bertz CT molecular complexity index is 1140. The van der Waals surface area contributed by atoms with Crippen LogP contribution in [0.3, 0.4) is 0 Å². The molecule has 5 rings (SSSR count). The number of nitrogens with zero attached hydrogens (tertiary/aromatic N) is 3. The van der Waals surface area contributed by atoms with Gasteiger partial charge < -0.3 is 20.0 Å². The van der Waals surface area contributed by atoms with Gasteiger partial charge in [0, 0.05) is 48.1 Å². The maximum atomic E-state index is 12.5. The van der Waals surface area contributed by atoms with Crippen molar-refractivity contribution in [1.29, 1.82) is 0 Å². The Morgan fingerprint density at radius 1 is 1.30 bits per heavy atom. The van der Waals surface area contributed by atoms with Gasteiger partial charge >= 0.3 is 0 Å². The average Bonchev–Trinajstić information content (AvgIpc) is 3.37. The standard InChI is InChI=1S/C26H35N5O2/c1-3-4-7-18(12-19-13-28-21-9-6-5-8-20(19)21)24-23(25(27)32)29-22-14-30(10-11-31(22)24)15-26(2)16-33-17-26/h5-6,8-9,13,18,28H,3-4,7,10-12,14-17H2,1-2H3,(H2,27,32). The fourth-order valence-corrected chi connectivity index (χ4v) is 5.57. The molecule has 2 aliphatic rings. The minimum Gasteiger partial charge on any atom is -0.380 e. The summed E-state index contributed by atoms with van der Waals surface area (Å²) in [7, 11) is 0. The number of nitrogens with one attached hydrogen (secondary N) is 1. The SMILES string of the molecule is CCCCC(Cc1c[nH]c2ccccc12)c1c(C(N)=O)nc2n1CCN(CC1(C)COC1)C2. The zero-order valence-electron chi connectivity index (χ0n) is 19.8. The van der Waals surface area contributed by atoms with Crippen LogP contribution in [-0.4, -0.2) is 51.6 Å². The lowest BCUT2D eigenvalue weighted by Crippen LogP contribution is -2.50. The van der Waals surface area contributed by atoms with E-state index in [1.807, 2.05) is 0 Å². The van der Waals surface area contributed by atoms with Gasteiger partial charge in [-0.3, -0.25) is 9.69 Å². The number of rotatable bonds is 9. The Morgan fingerprint density at radius 2 is 2.12 bits per heavy atom. The van der Waals surface area contributed by atoms with Crippen LogP contribution in [0.5, 0.6) is 0 Å². The molecule has 1 aromatic carbocycles. The third-order valence-corrected chi connectivity index (χ3v) is 7.26. The maximum Gasteiger partial charge on any atom is 0.269 e. The highest BCUT2D eigenvalue weighted by Crippen LogP contribution is 2.35. The van der Waals surface area contributed by atoms with Crippen molar-refractivity contribution in [2.24, 2.45) is 11.1 Å². The van der Waals surface area contributed by atoms with Crippen molar-refractivity contribution in [1.82, 2.24) is 19.4 Å². The van der Waals surface area contributed by atoms with E-state index in [9.17, 15) is 4.79 Å². The summed E-state index contributed by atoms with van der Waals surface area (Å²) in [5, 5.41) is 1.25. The van der Waals surface area contributed by atoms with Crippen molar-refractivity contribution in [3.05, 3.63) is 53.2 Å². The van der Waals surface area contributed by atoms with E-state index in [2.05, 4.69) is 58.8 Å². The second kappa shape index (κ2) is 8.95. The Balaban J connectivity index is 1.47. The monoisotopic (exact) mass is 449 g/mol. The number of hydrogen-bond donors (Lipinski definition) is 2. The van der Waals surface area contributed by atoms with Gasteiger partial charge in [0.05, 0.1) is 25.5 Å². The molecule has 33 heavy (non-hydrogen) atoms. The van der Waals surface area contributed by atoms with E-state index in [1.165, 1.54) is 10.9 Å². The van der Waals surface area contributed by atoms with E-state index in [0.717, 1.165) is 82.1 Å². The molecule has 0 radical (unpaired) electrons. The van der Waals surface area contributed by atoms with Gasteiger partial charge in [0.2, 0.25) is 0 Å². The Kier molecular flexibility index (Phi) is 6.01. The minimum atomic E-state index is -0.418. The third-order valence-electron chi connectivity index (χ3n) is 7.26. The van der Waals surface area contributed by atoms with Crippen LogP contribution in [0, 0.1) is 5.41 Å². The van der Waals surface area contributed by atoms with Crippen molar-refractivity contribution in [3.63, 3.8) is 0 Å².